The first-order chi connectivity index (χ1) is 21.8. The highest BCUT2D eigenvalue weighted by Crippen LogP contribution is 2.17. The van der Waals surface area contributed by atoms with E-state index in [1.165, 1.54) is 0 Å². The van der Waals surface area contributed by atoms with Crippen molar-refractivity contribution >= 4 is 36.4 Å². The highest BCUT2D eigenvalue weighted by molar-refractivity contribution is 7.95. The van der Waals surface area contributed by atoms with Crippen molar-refractivity contribution < 1.29 is 14.1 Å². The Morgan fingerprint density at radius 3 is 0.375 bits per heavy atom. The van der Waals surface area contributed by atoms with Crippen molar-refractivity contribution in [3.05, 3.63) is 152 Å². The first-order valence-corrected chi connectivity index (χ1v) is 16.9. The summed E-state index contributed by atoms with van der Waals surface area (Å²) in [5.74, 6) is 0. The first kappa shape index (κ1) is 57.7. The summed E-state index contributed by atoms with van der Waals surface area (Å²) in [6.07, 6.45) is 22.6. The van der Waals surface area contributed by atoms with Crippen LogP contribution < -0.4 is 0 Å². The van der Waals surface area contributed by atoms with Gasteiger partial charge in [-0.3, -0.25) is 14.1 Å². The van der Waals surface area contributed by atoms with Crippen LogP contribution in [0.3, 0.4) is 0 Å². The van der Waals surface area contributed by atoms with Gasteiger partial charge in [-0.15, -0.1) is 78.9 Å². The van der Waals surface area contributed by atoms with Gasteiger partial charge >= 0.3 is 0 Å². The predicted octanol–water partition coefficient (Wildman–Crippen LogP) is 9.15. The fourth-order valence-corrected chi connectivity index (χ4v) is 6.11. The van der Waals surface area contributed by atoms with E-state index in [0.29, 0.717) is 0 Å². The SMILES string of the molecule is C=CCN(CC=C)SN(CC=C)CC=C.C=CCN(CC=C)SN(CC=C)CC=C.C=CCN(CC=C)SN(CC=C)CC=C.F.F.F. The maximum atomic E-state index is 3.73. The third kappa shape index (κ3) is 37.9. The summed E-state index contributed by atoms with van der Waals surface area (Å²) in [6, 6.07) is 0. The average Bonchev–Trinajstić information content (AvgIpc) is 2.99. The topological polar surface area (TPSA) is 19.4 Å². The lowest BCUT2D eigenvalue weighted by atomic mass is 10.5. The molecule has 6 nitrogen and oxygen atoms in total. The molecule has 0 aliphatic heterocycles. The maximum Gasteiger partial charge on any atom is 0.0283 e. The molecule has 0 N–H and O–H groups in total. The molecule has 0 heterocycles. The molecule has 0 saturated heterocycles. The molecule has 0 fully saturated rings. The highest BCUT2D eigenvalue weighted by Gasteiger charge is 2.09. The van der Waals surface area contributed by atoms with Crippen LogP contribution in [-0.4, -0.2) is 104 Å². The van der Waals surface area contributed by atoms with Crippen molar-refractivity contribution in [1.82, 2.24) is 25.8 Å². The van der Waals surface area contributed by atoms with Gasteiger partial charge in [-0.05, 0) is 0 Å². The summed E-state index contributed by atoms with van der Waals surface area (Å²) >= 11 is 5.01. The molecule has 276 valence electrons. The molecule has 12 heteroatoms. The Kier molecular flexibility index (Phi) is 56.0. The minimum absolute atomic E-state index is 0. The largest absolute Gasteiger partial charge is 0.269 e. The summed E-state index contributed by atoms with van der Waals surface area (Å²) in [4.78, 5) is 0. The van der Waals surface area contributed by atoms with E-state index in [9.17, 15) is 0 Å². The Balaban J connectivity index is -0.000000134. The lowest BCUT2D eigenvalue weighted by Crippen LogP contribution is -2.26. The number of rotatable bonds is 30. The van der Waals surface area contributed by atoms with Crippen molar-refractivity contribution in [2.24, 2.45) is 0 Å². The molecular formula is C36H63F3N6S3. The van der Waals surface area contributed by atoms with E-state index >= 15 is 0 Å². The first-order valence-electron chi connectivity index (χ1n) is 14.7. The van der Waals surface area contributed by atoms with Crippen LogP contribution in [-0.2, 0) is 0 Å². The minimum Gasteiger partial charge on any atom is -0.269 e. The maximum absolute atomic E-state index is 3.73. The van der Waals surface area contributed by atoms with Gasteiger partial charge in [0.05, 0.1) is 0 Å². The van der Waals surface area contributed by atoms with E-state index in [1.807, 2.05) is 72.9 Å². The Hall–Kier alpha value is -2.52. The van der Waals surface area contributed by atoms with Crippen LogP contribution in [0.5, 0.6) is 0 Å². The zero-order valence-corrected chi connectivity index (χ0v) is 31.5. The molecule has 0 aliphatic rings. The molecule has 0 bridgehead atoms. The molecule has 0 aromatic carbocycles. The van der Waals surface area contributed by atoms with Crippen molar-refractivity contribution in [2.45, 2.75) is 0 Å². The average molecular weight is 733 g/mol. The smallest absolute Gasteiger partial charge is 0.0283 e. The van der Waals surface area contributed by atoms with E-state index in [1.54, 1.807) is 36.4 Å². The lowest BCUT2D eigenvalue weighted by molar-refractivity contribution is 0.504. The molecule has 0 aromatic heterocycles. The fourth-order valence-electron chi connectivity index (χ4n) is 3.07. The van der Waals surface area contributed by atoms with E-state index in [0.717, 1.165) is 78.5 Å². The standard InChI is InChI=1S/3C12H20N2S.3FH/c3*1-5-9-13(10-6-2)15-14(11-7-3)12-8-4;;;/h3*5-8H,1-4,9-12H2;3*1H. The summed E-state index contributed by atoms with van der Waals surface area (Å²) in [5.41, 5.74) is 0. The Bertz CT molecular complexity index is 641. The summed E-state index contributed by atoms with van der Waals surface area (Å²) in [6.45, 7) is 54.8. The Labute approximate surface area is 305 Å². The molecule has 0 amide bonds. The number of hydrogen-bond acceptors (Lipinski definition) is 9. The fraction of sp³-hybridized carbons (Fsp3) is 0.333. The van der Waals surface area contributed by atoms with E-state index < -0.39 is 0 Å². The quantitative estimate of drug-likeness (QED) is 0.0528. The van der Waals surface area contributed by atoms with E-state index in [-0.39, 0.29) is 14.1 Å². The van der Waals surface area contributed by atoms with Gasteiger partial charge in [-0.25, -0.2) is 25.8 Å². The van der Waals surface area contributed by atoms with Gasteiger partial charge in [-0.2, -0.15) is 0 Å². The van der Waals surface area contributed by atoms with Crippen LogP contribution in [0.2, 0.25) is 0 Å². The van der Waals surface area contributed by atoms with Crippen LogP contribution >= 0.6 is 36.4 Å². The molecule has 0 aliphatic carbocycles. The second kappa shape index (κ2) is 46.6. The molecule has 0 rings (SSSR count). The van der Waals surface area contributed by atoms with Crippen molar-refractivity contribution in [1.29, 1.82) is 0 Å². The summed E-state index contributed by atoms with van der Waals surface area (Å²) in [7, 11) is 0. The third-order valence-electron chi connectivity index (χ3n) is 4.69. The number of hydrogen-bond donors (Lipinski definition) is 0. The van der Waals surface area contributed by atoms with Crippen LogP contribution in [0.15, 0.2) is 152 Å². The van der Waals surface area contributed by atoms with E-state index in [4.69, 9.17) is 0 Å². The molecule has 0 unspecified atom stereocenters. The number of halogens is 3. The van der Waals surface area contributed by atoms with Gasteiger partial charge in [0.2, 0.25) is 0 Å². The predicted molar refractivity (Wildman–Crippen MR) is 222 cm³/mol. The zero-order chi connectivity index (χ0) is 34.6. The molecule has 0 aromatic rings. The molecule has 0 saturated carbocycles. The van der Waals surface area contributed by atoms with Gasteiger partial charge in [0.25, 0.3) is 0 Å². The van der Waals surface area contributed by atoms with Gasteiger partial charge in [0.15, 0.2) is 0 Å². The third-order valence-corrected chi connectivity index (χ3v) is 7.86. The van der Waals surface area contributed by atoms with Crippen molar-refractivity contribution in [3.63, 3.8) is 0 Å². The van der Waals surface area contributed by atoms with Crippen LogP contribution in [0.4, 0.5) is 14.1 Å². The summed E-state index contributed by atoms with van der Waals surface area (Å²) in [5, 5.41) is 0. The lowest BCUT2D eigenvalue weighted by Gasteiger charge is -2.25. The minimum atomic E-state index is 0. The van der Waals surface area contributed by atoms with Crippen molar-refractivity contribution in [3.8, 4) is 0 Å². The normalized spacial score (nSPS) is 9.62. The van der Waals surface area contributed by atoms with Gasteiger partial charge < -0.3 is 0 Å². The van der Waals surface area contributed by atoms with Crippen LogP contribution in [0.25, 0.3) is 0 Å². The Morgan fingerprint density at radius 2 is 0.312 bits per heavy atom. The van der Waals surface area contributed by atoms with Gasteiger partial charge in [0.1, 0.15) is 0 Å². The second-order valence-electron chi connectivity index (χ2n) is 8.79. The van der Waals surface area contributed by atoms with Gasteiger partial charge in [0, 0.05) is 115 Å². The molecule has 0 spiro atoms. The molecular weight excluding hydrogens is 670 g/mol. The molecule has 0 radical (unpaired) electrons. The molecule has 0 atom stereocenters. The van der Waals surface area contributed by atoms with E-state index in [2.05, 4.69) is 105 Å². The van der Waals surface area contributed by atoms with Crippen LogP contribution in [0.1, 0.15) is 0 Å². The van der Waals surface area contributed by atoms with Crippen molar-refractivity contribution in [2.75, 3.05) is 78.5 Å². The Morgan fingerprint density at radius 1 is 0.229 bits per heavy atom. The van der Waals surface area contributed by atoms with Gasteiger partial charge in [-0.1, -0.05) is 72.9 Å². The molecule has 48 heavy (non-hydrogen) atoms. The summed E-state index contributed by atoms with van der Waals surface area (Å²) < 4.78 is 13.0. The zero-order valence-electron chi connectivity index (χ0n) is 29.0. The number of nitrogens with zero attached hydrogens (tertiary/aromatic N) is 6. The monoisotopic (exact) mass is 732 g/mol. The second-order valence-corrected chi connectivity index (χ2v) is 12.4. The highest BCUT2D eigenvalue weighted by atomic mass is 32.2. The van der Waals surface area contributed by atoms with Crippen LogP contribution in [0, 0.1) is 0 Å².